The molecule has 1 heterocycles. The molecular formula is CF2O3. The Bertz CT molecular complexity index is 55.8. The van der Waals surface area contributed by atoms with Gasteiger partial charge in [0.25, 0.3) is 0 Å². The van der Waals surface area contributed by atoms with Gasteiger partial charge in [0.2, 0.25) is 0 Å². The number of rotatable bonds is 0. The summed E-state index contributed by atoms with van der Waals surface area (Å²) in [6.07, 6.45) is -3.50. The fraction of sp³-hybridized carbons (Fsp3) is 1.00. The first-order valence-corrected chi connectivity index (χ1v) is 1.12. The first-order chi connectivity index (χ1) is 2.71. The Kier molecular flexibility index (Phi) is 0.566. The molecule has 0 unspecified atom stereocenters. The molecule has 0 aliphatic carbocycles. The summed E-state index contributed by atoms with van der Waals surface area (Å²) in [5.41, 5.74) is 0. The van der Waals surface area contributed by atoms with Crippen LogP contribution in [-0.2, 0) is 14.8 Å². The van der Waals surface area contributed by atoms with Crippen molar-refractivity contribution in [3.05, 3.63) is 0 Å². The quantitative estimate of drug-likeness (QED) is 0.411. The summed E-state index contributed by atoms with van der Waals surface area (Å²) in [6, 6.07) is 0. The Morgan fingerprint density at radius 2 is 1.50 bits per heavy atom. The topological polar surface area (TPSA) is 27.7 Å². The van der Waals surface area contributed by atoms with Crippen LogP contribution in [0, 0.1) is 0 Å². The van der Waals surface area contributed by atoms with E-state index >= 15 is 0 Å². The maximum Gasteiger partial charge on any atom is 0.543 e. The highest BCUT2D eigenvalue weighted by Gasteiger charge is 2.45. The van der Waals surface area contributed by atoms with Gasteiger partial charge in [0, 0.05) is 0 Å². The lowest BCUT2D eigenvalue weighted by molar-refractivity contribution is -0.790. The van der Waals surface area contributed by atoms with E-state index in [1.165, 1.54) is 0 Å². The molecule has 0 amide bonds. The van der Waals surface area contributed by atoms with Gasteiger partial charge in [-0.1, -0.05) is 5.04 Å². The zero-order valence-electron chi connectivity index (χ0n) is 2.48. The molecule has 0 saturated carbocycles. The van der Waals surface area contributed by atoms with E-state index in [0.29, 0.717) is 0 Å². The van der Waals surface area contributed by atoms with Gasteiger partial charge in [-0.3, -0.25) is 0 Å². The highest BCUT2D eigenvalue weighted by atomic mass is 19.3. The minimum absolute atomic E-state index is 3.06. The fourth-order valence-corrected chi connectivity index (χ4v) is 0.0855. The van der Waals surface area contributed by atoms with E-state index in [1.807, 2.05) is 0 Å². The van der Waals surface area contributed by atoms with E-state index in [-0.39, 0.29) is 0 Å². The van der Waals surface area contributed by atoms with Gasteiger partial charge in [-0.2, -0.15) is 0 Å². The molecule has 6 heavy (non-hydrogen) atoms. The van der Waals surface area contributed by atoms with Gasteiger partial charge in [0.15, 0.2) is 0 Å². The molecule has 1 fully saturated rings. The molecule has 0 N–H and O–H groups in total. The Hall–Kier alpha value is -0.260. The van der Waals surface area contributed by atoms with Crippen LogP contribution in [0.4, 0.5) is 8.78 Å². The smallest absolute Gasteiger partial charge is 0.144 e. The molecule has 3 nitrogen and oxygen atoms in total. The summed E-state index contributed by atoms with van der Waals surface area (Å²) < 4.78 is 21.9. The second kappa shape index (κ2) is 0.868. The summed E-state index contributed by atoms with van der Waals surface area (Å²) in [5, 5.41) is 3.19. The van der Waals surface area contributed by atoms with E-state index in [2.05, 4.69) is 14.8 Å². The second-order valence-corrected chi connectivity index (χ2v) is 0.698. The molecule has 0 aromatic heterocycles. The number of hydrogen-bond acceptors (Lipinski definition) is 3. The Balaban J connectivity index is 2.31. The minimum Gasteiger partial charge on any atom is -0.144 e. The van der Waals surface area contributed by atoms with Crippen molar-refractivity contribution >= 4 is 0 Å². The lowest BCUT2D eigenvalue weighted by Crippen LogP contribution is -2.35. The SMILES string of the molecule is FC1(F)OOO1. The second-order valence-electron chi connectivity index (χ2n) is 0.698. The van der Waals surface area contributed by atoms with Gasteiger partial charge in [-0.05, 0) is 0 Å². The summed E-state index contributed by atoms with van der Waals surface area (Å²) in [4.78, 5) is 6.12. The van der Waals surface area contributed by atoms with Gasteiger partial charge in [0.1, 0.15) is 0 Å². The Labute approximate surface area is 31.3 Å². The van der Waals surface area contributed by atoms with Crippen LogP contribution in [0.3, 0.4) is 0 Å². The van der Waals surface area contributed by atoms with Crippen molar-refractivity contribution in [3.63, 3.8) is 0 Å². The lowest BCUT2D eigenvalue weighted by Gasteiger charge is -2.18. The first kappa shape index (κ1) is 3.91. The number of halogens is 2. The maximum absolute atomic E-state index is 11.0. The Morgan fingerprint density at radius 3 is 1.50 bits per heavy atom. The average Bonchev–Trinajstić information content (AvgIpc) is 1.32. The van der Waals surface area contributed by atoms with E-state index in [0.717, 1.165) is 0 Å². The molecule has 1 aliphatic rings. The van der Waals surface area contributed by atoms with Crippen LogP contribution >= 0.6 is 0 Å². The van der Waals surface area contributed by atoms with Crippen molar-refractivity contribution in [2.24, 2.45) is 0 Å². The van der Waals surface area contributed by atoms with Crippen molar-refractivity contribution < 1.29 is 23.6 Å². The van der Waals surface area contributed by atoms with E-state index in [9.17, 15) is 8.78 Å². The molecule has 0 radical (unpaired) electrons. The van der Waals surface area contributed by atoms with Crippen LogP contribution < -0.4 is 0 Å². The van der Waals surface area contributed by atoms with E-state index < -0.39 is 6.29 Å². The average molecular weight is 98.0 g/mol. The van der Waals surface area contributed by atoms with E-state index in [1.54, 1.807) is 0 Å². The molecule has 1 saturated heterocycles. The minimum atomic E-state index is -3.50. The third-order valence-corrected chi connectivity index (χ3v) is 0.262. The van der Waals surface area contributed by atoms with E-state index in [4.69, 9.17) is 0 Å². The van der Waals surface area contributed by atoms with Gasteiger partial charge in [0.05, 0.1) is 0 Å². The van der Waals surface area contributed by atoms with Crippen molar-refractivity contribution in [2.45, 2.75) is 6.29 Å². The number of hydrogen-bond donors (Lipinski definition) is 0. The standard InChI is InChI=1S/CF2O3/c2-1(3)4-6-5-1. The molecule has 0 aromatic rings. The molecule has 0 aromatic carbocycles. The predicted molar refractivity (Wildman–Crippen MR) is 8.20 cm³/mol. The van der Waals surface area contributed by atoms with Crippen LogP contribution in [-0.4, -0.2) is 6.29 Å². The van der Waals surface area contributed by atoms with Gasteiger partial charge in [-0.25, -0.2) is 0 Å². The fourth-order valence-electron chi connectivity index (χ4n) is 0.0855. The summed E-state index contributed by atoms with van der Waals surface area (Å²) in [7, 11) is 0. The van der Waals surface area contributed by atoms with Crippen molar-refractivity contribution in [3.8, 4) is 0 Å². The summed E-state index contributed by atoms with van der Waals surface area (Å²) in [5.74, 6) is 0. The third kappa shape index (κ3) is 0.469. The third-order valence-electron chi connectivity index (χ3n) is 0.262. The summed E-state index contributed by atoms with van der Waals surface area (Å²) >= 11 is 0. The van der Waals surface area contributed by atoms with Crippen LogP contribution in [0.1, 0.15) is 0 Å². The highest BCUT2D eigenvalue weighted by molar-refractivity contribution is 4.19. The highest BCUT2D eigenvalue weighted by Crippen LogP contribution is 2.26. The molecule has 0 bridgehead atoms. The largest absolute Gasteiger partial charge is 0.543 e. The Morgan fingerprint density at radius 1 is 1.17 bits per heavy atom. The van der Waals surface area contributed by atoms with Crippen molar-refractivity contribution in [2.75, 3.05) is 0 Å². The molecule has 0 spiro atoms. The summed E-state index contributed by atoms with van der Waals surface area (Å²) in [6.45, 7) is 0. The van der Waals surface area contributed by atoms with Crippen LogP contribution in [0.5, 0.6) is 0 Å². The van der Waals surface area contributed by atoms with Crippen molar-refractivity contribution in [1.29, 1.82) is 0 Å². The normalized spacial score (nSPS) is 29.0. The molecule has 5 heteroatoms. The van der Waals surface area contributed by atoms with Gasteiger partial charge < -0.3 is 0 Å². The maximum atomic E-state index is 11.0. The molecule has 1 aliphatic heterocycles. The van der Waals surface area contributed by atoms with Crippen LogP contribution in [0.2, 0.25) is 0 Å². The van der Waals surface area contributed by atoms with Crippen LogP contribution in [0.25, 0.3) is 0 Å². The van der Waals surface area contributed by atoms with Crippen LogP contribution in [0.15, 0.2) is 0 Å². The predicted octanol–water partition coefficient (Wildman–Crippen LogP) is 0.430. The first-order valence-electron chi connectivity index (χ1n) is 1.12. The molecule has 0 atom stereocenters. The zero-order valence-corrected chi connectivity index (χ0v) is 2.48. The monoisotopic (exact) mass is 98.0 g/mol. The molecule has 1 rings (SSSR count). The number of alkyl halides is 2. The van der Waals surface area contributed by atoms with Gasteiger partial charge >= 0.3 is 6.29 Å². The lowest BCUT2D eigenvalue weighted by atomic mass is 11.3. The molecule has 36 valence electrons. The van der Waals surface area contributed by atoms with Crippen molar-refractivity contribution in [1.82, 2.24) is 0 Å². The molecular weight excluding hydrogens is 98.0 g/mol. The zero-order chi connectivity index (χ0) is 4.62. The van der Waals surface area contributed by atoms with Gasteiger partial charge in [-0.15, -0.1) is 18.6 Å².